The minimum absolute atomic E-state index is 0.218. The number of sulfonamides is 1. The molecule has 130 valence electrons. The number of unbranched alkanes of at least 4 members (excludes halogenated alkanes) is 1. The fourth-order valence-corrected chi connectivity index (χ4v) is 4.15. The van der Waals surface area contributed by atoms with Gasteiger partial charge >= 0.3 is 0 Å². The van der Waals surface area contributed by atoms with E-state index in [4.69, 9.17) is 0 Å². The summed E-state index contributed by atoms with van der Waals surface area (Å²) >= 11 is 1.48. The number of hydrogen-bond donors (Lipinski definition) is 1. The number of aromatic nitrogens is 2. The Labute approximate surface area is 151 Å². The van der Waals surface area contributed by atoms with Crippen molar-refractivity contribution in [2.45, 2.75) is 31.1 Å². The zero-order chi connectivity index (χ0) is 17.7. The third kappa shape index (κ3) is 4.24. The summed E-state index contributed by atoms with van der Waals surface area (Å²) in [6.07, 6.45) is 6.18. The van der Waals surface area contributed by atoms with Crippen LogP contribution in [0, 0.1) is 0 Å². The molecule has 0 atom stereocenters. The highest BCUT2D eigenvalue weighted by molar-refractivity contribution is 7.92. The van der Waals surface area contributed by atoms with Gasteiger partial charge in [0.05, 0.1) is 9.77 Å². The van der Waals surface area contributed by atoms with Crippen molar-refractivity contribution in [2.24, 2.45) is 0 Å². The van der Waals surface area contributed by atoms with Crippen LogP contribution in [-0.2, 0) is 16.4 Å². The van der Waals surface area contributed by atoms with E-state index >= 15 is 0 Å². The molecule has 2 aromatic heterocycles. The quantitative estimate of drug-likeness (QED) is 0.668. The van der Waals surface area contributed by atoms with Gasteiger partial charge in [-0.05, 0) is 42.0 Å². The summed E-state index contributed by atoms with van der Waals surface area (Å²) in [5.41, 5.74) is 1.67. The molecule has 1 aromatic carbocycles. The molecule has 0 aliphatic heterocycles. The summed E-state index contributed by atoms with van der Waals surface area (Å²) in [4.78, 5) is 9.50. The van der Waals surface area contributed by atoms with Crippen molar-refractivity contribution in [3.63, 3.8) is 0 Å². The number of aryl methyl sites for hydroxylation is 1. The Kier molecular flexibility index (Phi) is 5.45. The monoisotopic (exact) mass is 373 g/mol. The SMILES string of the molecule is CCCCc1ccc(S(=O)(=O)Nc2nccnc2-c2cccs2)cc1. The largest absolute Gasteiger partial charge is 0.263 e. The van der Waals surface area contributed by atoms with E-state index in [2.05, 4.69) is 21.6 Å². The Hall–Kier alpha value is -2.25. The molecule has 0 aliphatic carbocycles. The molecule has 3 rings (SSSR count). The van der Waals surface area contributed by atoms with Crippen LogP contribution in [0.15, 0.2) is 59.1 Å². The van der Waals surface area contributed by atoms with Crippen LogP contribution >= 0.6 is 11.3 Å². The molecule has 0 radical (unpaired) electrons. The van der Waals surface area contributed by atoms with Gasteiger partial charge in [0.2, 0.25) is 0 Å². The Morgan fingerprint density at radius 3 is 2.52 bits per heavy atom. The molecule has 0 spiro atoms. The molecule has 2 heterocycles. The van der Waals surface area contributed by atoms with Crippen LogP contribution in [0.1, 0.15) is 25.3 Å². The van der Waals surface area contributed by atoms with Crippen molar-refractivity contribution in [3.05, 3.63) is 59.7 Å². The predicted octanol–water partition coefficient (Wildman–Crippen LogP) is 4.35. The van der Waals surface area contributed by atoms with Crippen molar-refractivity contribution in [1.82, 2.24) is 9.97 Å². The summed E-state index contributed by atoms with van der Waals surface area (Å²) in [6.45, 7) is 2.13. The first-order chi connectivity index (χ1) is 12.1. The number of benzene rings is 1. The number of nitrogens with one attached hydrogen (secondary N) is 1. The van der Waals surface area contributed by atoms with Crippen molar-refractivity contribution in [1.29, 1.82) is 0 Å². The number of nitrogens with zero attached hydrogens (tertiary/aromatic N) is 2. The normalized spacial score (nSPS) is 11.4. The fraction of sp³-hybridized carbons (Fsp3) is 0.222. The fourth-order valence-electron chi connectivity index (χ4n) is 2.41. The van der Waals surface area contributed by atoms with Gasteiger partial charge < -0.3 is 0 Å². The van der Waals surface area contributed by atoms with Gasteiger partial charge in [-0.3, -0.25) is 4.72 Å². The Morgan fingerprint density at radius 1 is 1.08 bits per heavy atom. The minimum atomic E-state index is -3.71. The first-order valence-electron chi connectivity index (χ1n) is 8.07. The van der Waals surface area contributed by atoms with Crippen molar-refractivity contribution < 1.29 is 8.42 Å². The molecular weight excluding hydrogens is 354 g/mol. The maximum Gasteiger partial charge on any atom is 0.263 e. The lowest BCUT2D eigenvalue weighted by Crippen LogP contribution is -2.15. The predicted molar refractivity (Wildman–Crippen MR) is 101 cm³/mol. The molecule has 0 amide bonds. The lowest BCUT2D eigenvalue weighted by atomic mass is 10.1. The van der Waals surface area contributed by atoms with Crippen molar-refractivity contribution in [3.8, 4) is 10.6 Å². The summed E-state index contributed by atoms with van der Waals surface area (Å²) in [7, 11) is -3.71. The first kappa shape index (κ1) is 17.6. The van der Waals surface area contributed by atoms with Gasteiger partial charge in [-0.1, -0.05) is 31.5 Å². The van der Waals surface area contributed by atoms with Gasteiger partial charge in [0.1, 0.15) is 5.69 Å². The molecule has 3 aromatic rings. The van der Waals surface area contributed by atoms with Gasteiger partial charge in [-0.2, -0.15) is 0 Å². The second-order valence-electron chi connectivity index (χ2n) is 5.58. The third-order valence-corrected chi connectivity index (χ3v) is 5.97. The van der Waals surface area contributed by atoms with Gasteiger partial charge in [0, 0.05) is 12.4 Å². The average molecular weight is 374 g/mol. The standard InChI is InChI=1S/C18H19N3O2S2/c1-2-3-5-14-7-9-15(10-8-14)25(22,23)21-18-17(19-11-12-20-18)16-6-4-13-24-16/h4,6-13H,2-3,5H2,1H3,(H,20,21). The number of anilines is 1. The molecule has 1 N–H and O–H groups in total. The number of rotatable bonds is 7. The molecule has 0 bridgehead atoms. The summed E-state index contributed by atoms with van der Waals surface area (Å²) in [5.74, 6) is 0.236. The third-order valence-electron chi connectivity index (χ3n) is 3.74. The van der Waals surface area contributed by atoms with Crippen LogP contribution in [0.2, 0.25) is 0 Å². The first-order valence-corrected chi connectivity index (χ1v) is 10.4. The lowest BCUT2D eigenvalue weighted by Gasteiger charge is -2.10. The second kappa shape index (κ2) is 7.76. The van der Waals surface area contributed by atoms with E-state index in [9.17, 15) is 8.42 Å². The van der Waals surface area contributed by atoms with E-state index in [0.717, 1.165) is 29.7 Å². The second-order valence-corrected chi connectivity index (χ2v) is 8.21. The average Bonchev–Trinajstić information content (AvgIpc) is 3.15. The Morgan fingerprint density at radius 2 is 1.84 bits per heavy atom. The van der Waals surface area contributed by atoms with E-state index in [1.807, 2.05) is 29.6 Å². The van der Waals surface area contributed by atoms with E-state index in [1.165, 1.54) is 17.5 Å². The molecule has 7 heteroatoms. The van der Waals surface area contributed by atoms with Crippen LogP contribution in [0.5, 0.6) is 0 Å². The van der Waals surface area contributed by atoms with Gasteiger partial charge in [-0.15, -0.1) is 11.3 Å². The zero-order valence-electron chi connectivity index (χ0n) is 13.8. The molecule has 0 fully saturated rings. The zero-order valence-corrected chi connectivity index (χ0v) is 15.5. The van der Waals surface area contributed by atoms with Crippen LogP contribution in [0.4, 0.5) is 5.82 Å². The maximum atomic E-state index is 12.7. The summed E-state index contributed by atoms with van der Waals surface area (Å²) in [6, 6.07) is 10.8. The summed E-state index contributed by atoms with van der Waals surface area (Å²) < 4.78 is 27.9. The van der Waals surface area contributed by atoms with E-state index in [0.29, 0.717) is 5.69 Å². The molecule has 0 saturated carbocycles. The van der Waals surface area contributed by atoms with Gasteiger partial charge in [-0.25, -0.2) is 18.4 Å². The molecule has 0 unspecified atom stereocenters. The molecule has 5 nitrogen and oxygen atoms in total. The highest BCUT2D eigenvalue weighted by Gasteiger charge is 2.18. The van der Waals surface area contributed by atoms with E-state index in [-0.39, 0.29) is 10.7 Å². The summed E-state index contributed by atoms with van der Waals surface area (Å²) in [5, 5.41) is 1.91. The van der Waals surface area contributed by atoms with E-state index in [1.54, 1.807) is 18.3 Å². The molecule has 0 saturated heterocycles. The molecule has 25 heavy (non-hydrogen) atoms. The lowest BCUT2D eigenvalue weighted by molar-refractivity contribution is 0.601. The topological polar surface area (TPSA) is 72.0 Å². The smallest absolute Gasteiger partial charge is 0.261 e. The maximum absolute atomic E-state index is 12.7. The molecule has 0 aliphatic rings. The minimum Gasteiger partial charge on any atom is -0.261 e. The van der Waals surface area contributed by atoms with Crippen molar-refractivity contribution in [2.75, 3.05) is 4.72 Å². The van der Waals surface area contributed by atoms with Crippen molar-refractivity contribution >= 4 is 27.2 Å². The number of thiophene rings is 1. The van der Waals surface area contributed by atoms with Crippen LogP contribution in [0.3, 0.4) is 0 Å². The Balaban J connectivity index is 1.85. The van der Waals surface area contributed by atoms with Crippen LogP contribution in [0.25, 0.3) is 10.6 Å². The highest BCUT2D eigenvalue weighted by Crippen LogP contribution is 2.29. The number of hydrogen-bond acceptors (Lipinski definition) is 5. The van der Waals surface area contributed by atoms with Gasteiger partial charge in [0.15, 0.2) is 5.82 Å². The van der Waals surface area contributed by atoms with Crippen LogP contribution in [-0.4, -0.2) is 18.4 Å². The Bertz CT molecular complexity index is 921. The van der Waals surface area contributed by atoms with Crippen LogP contribution < -0.4 is 4.72 Å². The van der Waals surface area contributed by atoms with Gasteiger partial charge in [0.25, 0.3) is 10.0 Å². The molecular formula is C18H19N3O2S2. The highest BCUT2D eigenvalue weighted by atomic mass is 32.2. The van der Waals surface area contributed by atoms with E-state index < -0.39 is 10.0 Å².